The Morgan fingerprint density at radius 2 is 1.94 bits per heavy atom. The Balaban J connectivity index is 2.18. The molecule has 2 aromatic carbocycles. The molecule has 1 heterocycles. The van der Waals surface area contributed by atoms with Crippen LogP contribution >= 0.6 is 11.3 Å². The van der Waals surface area contributed by atoms with Crippen LogP contribution in [-0.4, -0.2) is 12.1 Å². The lowest BCUT2D eigenvalue weighted by Gasteiger charge is -2.07. The van der Waals surface area contributed by atoms with E-state index in [9.17, 15) is 0 Å². The molecule has 0 atom stereocenters. The van der Waals surface area contributed by atoms with Crippen LogP contribution in [0.1, 0.15) is 5.01 Å². The maximum absolute atomic E-state index is 5.40. The van der Waals surface area contributed by atoms with Crippen LogP contribution in [0.2, 0.25) is 0 Å². The number of fused-ring (bicyclic) bond motifs is 1. The van der Waals surface area contributed by atoms with Crippen LogP contribution in [0.5, 0.6) is 5.75 Å². The first kappa shape index (κ1) is 11.2. The number of hydrogen-bond donors (Lipinski definition) is 0. The van der Waals surface area contributed by atoms with E-state index in [2.05, 4.69) is 29.2 Å². The fourth-order valence-corrected chi connectivity index (χ4v) is 2.90. The molecule has 0 saturated carbocycles. The number of aryl methyl sites for hydroxylation is 1. The number of thiazole rings is 1. The number of ether oxygens (including phenoxy) is 1. The minimum absolute atomic E-state index is 0.892. The number of benzene rings is 2. The van der Waals surface area contributed by atoms with Crippen molar-refractivity contribution in [1.82, 2.24) is 4.98 Å². The molecule has 0 saturated heterocycles. The molecule has 0 unspecified atom stereocenters. The highest BCUT2D eigenvalue weighted by molar-refractivity contribution is 7.18. The molecule has 0 N–H and O–H groups in total. The third-order valence-electron chi connectivity index (χ3n) is 2.91. The summed E-state index contributed by atoms with van der Waals surface area (Å²) in [5.74, 6) is 0.892. The van der Waals surface area contributed by atoms with Gasteiger partial charge in [-0.25, -0.2) is 4.98 Å². The van der Waals surface area contributed by atoms with Crippen LogP contribution in [0, 0.1) is 6.92 Å². The Labute approximate surface area is 110 Å². The van der Waals surface area contributed by atoms with Crippen molar-refractivity contribution in [2.45, 2.75) is 6.92 Å². The molecule has 0 spiro atoms. The zero-order valence-electron chi connectivity index (χ0n) is 10.3. The number of para-hydroxylation sites is 1. The summed E-state index contributed by atoms with van der Waals surface area (Å²) in [7, 11) is 1.70. The van der Waals surface area contributed by atoms with Crippen molar-refractivity contribution in [3.63, 3.8) is 0 Å². The quantitative estimate of drug-likeness (QED) is 0.682. The van der Waals surface area contributed by atoms with E-state index in [0.29, 0.717) is 0 Å². The smallest absolute Gasteiger partial charge is 0.126 e. The average molecular weight is 255 g/mol. The van der Waals surface area contributed by atoms with Crippen LogP contribution in [0.15, 0.2) is 42.5 Å². The SMILES string of the molecule is COc1ccccc1-c1ccc2sc(C)nc2c1. The molecule has 2 nitrogen and oxygen atoms in total. The molecule has 18 heavy (non-hydrogen) atoms. The molecule has 0 radical (unpaired) electrons. The van der Waals surface area contributed by atoms with Gasteiger partial charge in [-0.15, -0.1) is 11.3 Å². The van der Waals surface area contributed by atoms with E-state index in [4.69, 9.17) is 4.74 Å². The van der Waals surface area contributed by atoms with E-state index in [0.717, 1.165) is 27.4 Å². The van der Waals surface area contributed by atoms with Gasteiger partial charge in [0.2, 0.25) is 0 Å². The number of hydrogen-bond acceptors (Lipinski definition) is 3. The van der Waals surface area contributed by atoms with Gasteiger partial charge in [0.05, 0.1) is 22.3 Å². The van der Waals surface area contributed by atoms with Gasteiger partial charge in [0, 0.05) is 5.56 Å². The Morgan fingerprint density at radius 3 is 2.78 bits per heavy atom. The second-order valence-electron chi connectivity index (χ2n) is 4.12. The molecule has 3 rings (SSSR count). The third-order valence-corrected chi connectivity index (χ3v) is 3.86. The Kier molecular flexibility index (Phi) is 2.76. The first-order chi connectivity index (χ1) is 8.78. The van der Waals surface area contributed by atoms with Gasteiger partial charge >= 0.3 is 0 Å². The summed E-state index contributed by atoms with van der Waals surface area (Å²) >= 11 is 1.72. The highest BCUT2D eigenvalue weighted by Crippen LogP contribution is 2.32. The number of methoxy groups -OCH3 is 1. The minimum atomic E-state index is 0.892. The van der Waals surface area contributed by atoms with E-state index in [-0.39, 0.29) is 0 Å². The molecule has 1 aromatic heterocycles. The predicted molar refractivity (Wildman–Crippen MR) is 76.3 cm³/mol. The van der Waals surface area contributed by atoms with Gasteiger partial charge in [-0.2, -0.15) is 0 Å². The lowest BCUT2D eigenvalue weighted by Crippen LogP contribution is -1.87. The highest BCUT2D eigenvalue weighted by Gasteiger charge is 2.07. The lowest BCUT2D eigenvalue weighted by atomic mass is 10.0. The van der Waals surface area contributed by atoms with Gasteiger partial charge in [0.15, 0.2) is 0 Å². The number of nitrogens with zero attached hydrogens (tertiary/aromatic N) is 1. The molecule has 0 fully saturated rings. The number of rotatable bonds is 2. The van der Waals surface area contributed by atoms with Crippen LogP contribution in [0.25, 0.3) is 21.3 Å². The topological polar surface area (TPSA) is 22.1 Å². The van der Waals surface area contributed by atoms with Gasteiger partial charge in [-0.3, -0.25) is 0 Å². The third kappa shape index (κ3) is 1.87. The van der Waals surface area contributed by atoms with Gasteiger partial charge < -0.3 is 4.74 Å². The molecule has 0 aliphatic heterocycles. The first-order valence-electron chi connectivity index (χ1n) is 5.78. The van der Waals surface area contributed by atoms with Gasteiger partial charge in [-0.1, -0.05) is 24.3 Å². The summed E-state index contributed by atoms with van der Waals surface area (Å²) in [6.45, 7) is 2.04. The van der Waals surface area contributed by atoms with Crippen molar-refractivity contribution >= 4 is 21.6 Å². The zero-order chi connectivity index (χ0) is 12.5. The van der Waals surface area contributed by atoms with Crippen molar-refractivity contribution in [2.24, 2.45) is 0 Å². The molecule has 0 bridgehead atoms. The van der Waals surface area contributed by atoms with Crippen LogP contribution in [0.4, 0.5) is 0 Å². The summed E-state index contributed by atoms with van der Waals surface area (Å²) in [6, 6.07) is 14.4. The monoisotopic (exact) mass is 255 g/mol. The molecular weight excluding hydrogens is 242 g/mol. The summed E-state index contributed by atoms with van der Waals surface area (Å²) in [4.78, 5) is 4.53. The Morgan fingerprint density at radius 1 is 1.11 bits per heavy atom. The van der Waals surface area contributed by atoms with E-state index >= 15 is 0 Å². The van der Waals surface area contributed by atoms with Crippen molar-refractivity contribution in [2.75, 3.05) is 7.11 Å². The van der Waals surface area contributed by atoms with Gasteiger partial charge in [0.25, 0.3) is 0 Å². The van der Waals surface area contributed by atoms with Crippen molar-refractivity contribution < 1.29 is 4.74 Å². The van der Waals surface area contributed by atoms with E-state index in [1.54, 1.807) is 18.4 Å². The second kappa shape index (κ2) is 4.42. The van der Waals surface area contributed by atoms with Gasteiger partial charge in [0.1, 0.15) is 5.75 Å². The summed E-state index contributed by atoms with van der Waals surface area (Å²) < 4.78 is 6.63. The Bertz CT molecular complexity index is 703. The van der Waals surface area contributed by atoms with Crippen LogP contribution < -0.4 is 4.74 Å². The summed E-state index contributed by atoms with van der Waals surface area (Å²) in [5, 5.41) is 1.10. The normalized spacial score (nSPS) is 10.8. The maximum Gasteiger partial charge on any atom is 0.126 e. The molecular formula is C15H13NOS. The average Bonchev–Trinajstić information content (AvgIpc) is 2.77. The maximum atomic E-state index is 5.40. The van der Waals surface area contributed by atoms with Crippen LogP contribution in [-0.2, 0) is 0 Å². The molecule has 3 heteroatoms. The van der Waals surface area contributed by atoms with Gasteiger partial charge in [-0.05, 0) is 30.7 Å². The summed E-state index contributed by atoms with van der Waals surface area (Å²) in [5.41, 5.74) is 3.30. The van der Waals surface area contributed by atoms with E-state index in [1.807, 2.05) is 25.1 Å². The highest BCUT2D eigenvalue weighted by atomic mass is 32.1. The second-order valence-corrected chi connectivity index (χ2v) is 5.35. The zero-order valence-corrected chi connectivity index (χ0v) is 11.1. The molecule has 3 aromatic rings. The largest absolute Gasteiger partial charge is 0.496 e. The standard InChI is InChI=1S/C15H13NOS/c1-10-16-13-9-11(7-8-15(13)18-10)12-5-3-4-6-14(12)17-2/h3-9H,1-2H3. The minimum Gasteiger partial charge on any atom is -0.496 e. The lowest BCUT2D eigenvalue weighted by molar-refractivity contribution is 0.416. The van der Waals surface area contributed by atoms with E-state index in [1.165, 1.54) is 4.70 Å². The first-order valence-corrected chi connectivity index (χ1v) is 6.60. The fraction of sp³-hybridized carbons (Fsp3) is 0.133. The van der Waals surface area contributed by atoms with Crippen molar-refractivity contribution in [1.29, 1.82) is 0 Å². The fourth-order valence-electron chi connectivity index (χ4n) is 2.09. The van der Waals surface area contributed by atoms with E-state index < -0.39 is 0 Å². The molecule has 0 amide bonds. The molecule has 0 aliphatic rings. The van der Waals surface area contributed by atoms with Crippen molar-refractivity contribution in [3.05, 3.63) is 47.5 Å². The van der Waals surface area contributed by atoms with Crippen LogP contribution in [0.3, 0.4) is 0 Å². The summed E-state index contributed by atoms with van der Waals surface area (Å²) in [6.07, 6.45) is 0. The Hall–Kier alpha value is -1.87. The molecule has 90 valence electrons. The molecule has 0 aliphatic carbocycles. The predicted octanol–water partition coefficient (Wildman–Crippen LogP) is 4.28. The van der Waals surface area contributed by atoms with Crippen molar-refractivity contribution in [3.8, 4) is 16.9 Å². The number of aromatic nitrogens is 1.